The van der Waals surface area contributed by atoms with Gasteiger partial charge in [-0.05, 0) is 32.0 Å². The van der Waals surface area contributed by atoms with Crippen LogP contribution in [0, 0.1) is 0 Å². The Kier molecular flexibility index (Phi) is 4.92. The summed E-state index contributed by atoms with van der Waals surface area (Å²) in [6.45, 7) is 4.06. The first-order valence-electron chi connectivity index (χ1n) is 6.64. The van der Waals surface area contributed by atoms with Crippen molar-refractivity contribution in [2.75, 3.05) is 18.4 Å². The highest BCUT2D eigenvalue weighted by molar-refractivity contribution is 5.42. The molecule has 2 N–H and O–H groups in total. The van der Waals surface area contributed by atoms with Crippen LogP contribution in [0.3, 0.4) is 0 Å². The van der Waals surface area contributed by atoms with Crippen molar-refractivity contribution in [3.05, 3.63) is 42.2 Å². The van der Waals surface area contributed by atoms with Gasteiger partial charge in [0.25, 0.3) is 0 Å². The summed E-state index contributed by atoms with van der Waals surface area (Å²) in [4.78, 5) is 0. The van der Waals surface area contributed by atoms with Gasteiger partial charge in [0.1, 0.15) is 0 Å². The zero-order chi connectivity index (χ0) is 13.5. The van der Waals surface area contributed by atoms with E-state index in [2.05, 4.69) is 40.0 Å². The molecular formula is C14H21N5. The number of aryl methyl sites for hydroxylation is 1. The molecule has 0 radical (unpaired) electrons. The monoisotopic (exact) mass is 259 g/mol. The van der Waals surface area contributed by atoms with Gasteiger partial charge in [-0.15, -0.1) is 5.10 Å². The van der Waals surface area contributed by atoms with Gasteiger partial charge in [0.2, 0.25) is 0 Å². The van der Waals surface area contributed by atoms with Gasteiger partial charge in [-0.1, -0.05) is 23.4 Å². The van der Waals surface area contributed by atoms with E-state index in [4.69, 9.17) is 0 Å². The fraction of sp³-hybridized carbons (Fsp3) is 0.429. The summed E-state index contributed by atoms with van der Waals surface area (Å²) in [5, 5.41) is 14.7. The Bertz CT molecular complexity index is 480. The summed E-state index contributed by atoms with van der Waals surface area (Å²) >= 11 is 0. The van der Waals surface area contributed by atoms with Crippen molar-refractivity contribution in [2.24, 2.45) is 7.05 Å². The third kappa shape index (κ3) is 4.06. The van der Waals surface area contributed by atoms with Gasteiger partial charge in [-0.2, -0.15) is 0 Å². The van der Waals surface area contributed by atoms with Crippen LogP contribution in [0.5, 0.6) is 0 Å². The highest BCUT2D eigenvalue weighted by atomic mass is 15.4. The molecular weight excluding hydrogens is 238 g/mol. The molecule has 1 aromatic heterocycles. The average molecular weight is 259 g/mol. The van der Waals surface area contributed by atoms with Crippen LogP contribution in [0.25, 0.3) is 0 Å². The highest BCUT2D eigenvalue weighted by Crippen LogP contribution is 2.08. The van der Waals surface area contributed by atoms with Crippen LogP contribution in [0.4, 0.5) is 5.69 Å². The molecule has 102 valence electrons. The number of aromatic nitrogens is 3. The largest absolute Gasteiger partial charge is 0.385 e. The molecule has 0 aliphatic carbocycles. The Hall–Kier alpha value is -1.88. The Morgan fingerprint density at radius 3 is 2.68 bits per heavy atom. The molecule has 0 bridgehead atoms. The van der Waals surface area contributed by atoms with Crippen LogP contribution in [0.1, 0.15) is 25.1 Å². The van der Waals surface area contributed by atoms with Crippen LogP contribution in [0.2, 0.25) is 0 Å². The molecule has 0 saturated heterocycles. The molecule has 1 aromatic carbocycles. The van der Waals surface area contributed by atoms with Crippen LogP contribution in [-0.2, 0) is 7.05 Å². The predicted molar refractivity (Wildman–Crippen MR) is 77.0 cm³/mol. The number of rotatable bonds is 7. The lowest BCUT2D eigenvalue weighted by atomic mass is 10.2. The number of benzene rings is 1. The van der Waals surface area contributed by atoms with E-state index in [9.17, 15) is 0 Å². The van der Waals surface area contributed by atoms with Crippen LogP contribution < -0.4 is 10.6 Å². The topological polar surface area (TPSA) is 54.8 Å². The zero-order valence-corrected chi connectivity index (χ0v) is 11.5. The molecule has 1 heterocycles. The fourth-order valence-corrected chi connectivity index (χ4v) is 1.99. The molecule has 2 aromatic rings. The van der Waals surface area contributed by atoms with Crippen molar-refractivity contribution in [3.63, 3.8) is 0 Å². The quantitative estimate of drug-likeness (QED) is 0.746. The summed E-state index contributed by atoms with van der Waals surface area (Å²) in [7, 11) is 1.91. The molecule has 5 nitrogen and oxygen atoms in total. The number of hydrogen-bond acceptors (Lipinski definition) is 4. The number of nitrogens with one attached hydrogen (secondary N) is 2. The van der Waals surface area contributed by atoms with Crippen molar-refractivity contribution < 1.29 is 0 Å². The predicted octanol–water partition coefficient (Wildman–Crippen LogP) is 1.97. The molecule has 0 amide bonds. The van der Waals surface area contributed by atoms with Gasteiger partial charge in [-0.25, -0.2) is 0 Å². The zero-order valence-electron chi connectivity index (χ0n) is 11.5. The summed E-state index contributed by atoms with van der Waals surface area (Å²) in [5.41, 5.74) is 2.28. The van der Waals surface area contributed by atoms with Crippen molar-refractivity contribution in [2.45, 2.75) is 19.4 Å². The molecule has 5 heteroatoms. The van der Waals surface area contributed by atoms with Crippen molar-refractivity contribution in [1.29, 1.82) is 0 Å². The number of nitrogens with zero attached hydrogens (tertiary/aromatic N) is 3. The molecule has 0 aliphatic heterocycles. The Labute approximate surface area is 114 Å². The van der Waals surface area contributed by atoms with E-state index in [0.29, 0.717) is 0 Å². The highest BCUT2D eigenvalue weighted by Gasteiger charge is 2.08. The molecule has 0 fully saturated rings. The second kappa shape index (κ2) is 6.89. The summed E-state index contributed by atoms with van der Waals surface area (Å²) in [5.74, 6) is 0. The van der Waals surface area contributed by atoms with Crippen molar-refractivity contribution in [3.8, 4) is 0 Å². The third-order valence-electron chi connectivity index (χ3n) is 3.10. The van der Waals surface area contributed by atoms with Gasteiger partial charge in [0.05, 0.1) is 11.9 Å². The van der Waals surface area contributed by atoms with E-state index in [-0.39, 0.29) is 6.04 Å². The van der Waals surface area contributed by atoms with E-state index < -0.39 is 0 Å². The van der Waals surface area contributed by atoms with Gasteiger partial charge < -0.3 is 10.6 Å². The van der Waals surface area contributed by atoms with Gasteiger partial charge >= 0.3 is 0 Å². The summed E-state index contributed by atoms with van der Waals surface area (Å²) < 4.78 is 1.81. The number of anilines is 1. The normalized spacial score (nSPS) is 12.3. The Balaban J connectivity index is 1.63. The van der Waals surface area contributed by atoms with E-state index in [0.717, 1.165) is 25.2 Å². The molecule has 2 rings (SSSR count). The molecule has 0 spiro atoms. The summed E-state index contributed by atoms with van der Waals surface area (Å²) in [6, 6.07) is 10.5. The number of hydrogen-bond donors (Lipinski definition) is 2. The molecule has 0 aliphatic rings. The van der Waals surface area contributed by atoms with E-state index >= 15 is 0 Å². The van der Waals surface area contributed by atoms with Crippen molar-refractivity contribution in [1.82, 2.24) is 20.3 Å². The Morgan fingerprint density at radius 2 is 2.00 bits per heavy atom. The lowest BCUT2D eigenvalue weighted by Crippen LogP contribution is -2.23. The SMILES string of the molecule is C[C@@H](NCCCNc1ccccc1)c1cnnn1C. The maximum atomic E-state index is 3.94. The van der Waals surface area contributed by atoms with Crippen LogP contribution in [0.15, 0.2) is 36.5 Å². The smallest absolute Gasteiger partial charge is 0.0750 e. The van der Waals surface area contributed by atoms with Crippen LogP contribution in [-0.4, -0.2) is 28.1 Å². The van der Waals surface area contributed by atoms with Gasteiger partial charge in [-0.3, -0.25) is 4.68 Å². The first-order chi connectivity index (χ1) is 9.27. The lowest BCUT2D eigenvalue weighted by Gasteiger charge is -2.13. The third-order valence-corrected chi connectivity index (χ3v) is 3.10. The second-order valence-electron chi connectivity index (χ2n) is 4.60. The molecule has 0 saturated carbocycles. The molecule has 0 unspecified atom stereocenters. The first kappa shape index (κ1) is 13.5. The molecule has 1 atom stereocenters. The maximum Gasteiger partial charge on any atom is 0.0750 e. The van der Waals surface area contributed by atoms with E-state index in [1.54, 1.807) is 10.9 Å². The van der Waals surface area contributed by atoms with E-state index in [1.165, 1.54) is 5.69 Å². The maximum absolute atomic E-state index is 3.94. The Morgan fingerprint density at radius 1 is 1.21 bits per heavy atom. The summed E-state index contributed by atoms with van der Waals surface area (Å²) in [6.07, 6.45) is 2.88. The number of para-hydroxylation sites is 1. The van der Waals surface area contributed by atoms with Crippen molar-refractivity contribution >= 4 is 5.69 Å². The van der Waals surface area contributed by atoms with E-state index in [1.807, 2.05) is 25.2 Å². The van der Waals surface area contributed by atoms with Gasteiger partial charge in [0.15, 0.2) is 0 Å². The first-order valence-corrected chi connectivity index (χ1v) is 6.64. The minimum absolute atomic E-state index is 0.275. The van der Waals surface area contributed by atoms with Crippen LogP contribution >= 0.6 is 0 Å². The second-order valence-corrected chi connectivity index (χ2v) is 4.60. The average Bonchev–Trinajstić information content (AvgIpc) is 2.86. The minimum Gasteiger partial charge on any atom is -0.385 e. The fourth-order valence-electron chi connectivity index (χ4n) is 1.99. The standard InChI is InChI=1S/C14H21N5/c1-12(14-11-17-18-19(14)2)15-9-6-10-16-13-7-4-3-5-8-13/h3-5,7-8,11-12,15-16H,6,9-10H2,1-2H3/t12-/m1/s1. The minimum atomic E-state index is 0.275. The van der Waals surface area contributed by atoms with Gasteiger partial charge in [0, 0.05) is 25.3 Å². The molecule has 19 heavy (non-hydrogen) atoms. The lowest BCUT2D eigenvalue weighted by molar-refractivity contribution is 0.523.